The molecule has 110 valence electrons. The predicted molar refractivity (Wildman–Crippen MR) is 80.5 cm³/mol. The molecule has 0 radical (unpaired) electrons. The van der Waals surface area contributed by atoms with Gasteiger partial charge in [0.05, 0.1) is 5.69 Å². The van der Waals surface area contributed by atoms with Gasteiger partial charge in [0.1, 0.15) is 16.4 Å². The van der Waals surface area contributed by atoms with Gasteiger partial charge in [0.2, 0.25) is 0 Å². The van der Waals surface area contributed by atoms with Gasteiger partial charge in [-0.15, -0.1) is 11.8 Å². The van der Waals surface area contributed by atoms with Crippen LogP contribution in [-0.2, 0) is 0 Å². The van der Waals surface area contributed by atoms with Crippen LogP contribution in [0.25, 0.3) is 0 Å². The standard InChI is InChI=1S/C15H22N2O2S/c1-9(2)5-4-8-20-14-12(15(18)19)10(3)16-13(17-14)11-6-7-11/h9,11H,4-8H2,1-3H3,(H,18,19). The molecule has 5 heteroatoms. The molecule has 1 heterocycles. The van der Waals surface area contributed by atoms with Crippen LogP contribution in [0.2, 0.25) is 0 Å². The average molecular weight is 294 g/mol. The first kappa shape index (κ1) is 15.3. The van der Waals surface area contributed by atoms with Crippen molar-refractivity contribution >= 4 is 17.7 Å². The number of hydrogen-bond donors (Lipinski definition) is 1. The molecule has 1 fully saturated rings. The Labute approximate surface area is 124 Å². The molecule has 0 atom stereocenters. The van der Waals surface area contributed by atoms with Crippen molar-refractivity contribution in [1.82, 2.24) is 9.97 Å². The van der Waals surface area contributed by atoms with Crippen LogP contribution < -0.4 is 0 Å². The first-order chi connectivity index (χ1) is 9.49. The Hall–Kier alpha value is -1.10. The summed E-state index contributed by atoms with van der Waals surface area (Å²) < 4.78 is 0. The van der Waals surface area contributed by atoms with Crippen LogP contribution in [0.4, 0.5) is 0 Å². The third-order valence-corrected chi connectivity index (χ3v) is 4.46. The van der Waals surface area contributed by atoms with Gasteiger partial charge in [-0.2, -0.15) is 0 Å². The first-order valence-corrected chi connectivity index (χ1v) is 8.22. The third-order valence-electron chi connectivity index (χ3n) is 3.39. The van der Waals surface area contributed by atoms with Crippen molar-refractivity contribution in [1.29, 1.82) is 0 Å². The topological polar surface area (TPSA) is 63.1 Å². The number of thioether (sulfide) groups is 1. The molecule has 1 aromatic heterocycles. The summed E-state index contributed by atoms with van der Waals surface area (Å²) in [6, 6.07) is 0. The van der Waals surface area contributed by atoms with Crippen LogP contribution in [-0.4, -0.2) is 26.8 Å². The second-order valence-corrected chi connectivity index (χ2v) is 6.89. The summed E-state index contributed by atoms with van der Waals surface area (Å²) in [5.74, 6) is 1.96. The summed E-state index contributed by atoms with van der Waals surface area (Å²) in [4.78, 5) is 20.3. The lowest BCUT2D eigenvalue weighted by Gasteiger charge is -2.10. The number of carboxylic acid groups (broad SMARTS) is 1. The Morgan fingerprint density at radius 1 is 1.40 bits per heavy atom. The summed E-state index contributed by atoms with van der Waals surface area (Å²) in [5.41, 5.74) is 0.879. The molecule has 4 nitrogen and oxygen atoms in total. The molecule has 1 N–H and O–H groups in total. The van der Waals surface area contributed by atoms with E-state index in [4.69, 9.17) is 0 Å². The maximum absolute atomic E-state index is 11.4. The highest BCUT2D eigenvalue weighted by Gasteiger charge is 2.29. The van der Waals surface area contributed by atoms with E-state index in [2.05, 4.69) is 23.8 Å². The van der Waals surface area contributed by atoms with Gasteiger partial charge in [0, 0.05) is 5.92 Å². The molecule has 0 amide bonds. The minimum absolute atomic E-state index is 0.281. The Balaban J connectivity index is 2.13. The Morgan fingerprint density at radius 2 is 2.10 bits per heavy atom. The van der Waals surface area contributed by atoms with E-state index in [1.54, 1.807) is 18.7 Å². The van der Waals surface area contributed by atoms with Crippen molar-refractivity contribution in [3.63, 3.8) is 0 Å². The van der Waals surface area contributed by atoms with Crippen molar-refractivity contribution in [2.45, 2.75) is 57.4 Å². The van der Waals surface area contributed by atoms with E-state index in [-0.39, 0.29) is 5.56 Å². The molecule has 0 spiro atoms. The Morgan fingerprint density at radius 3 is 2.65 bits per heavy atom. The van der Waals surface area contributed by atoms with E-state index >= 15 is 0 Å². The maximum Gasteiger partial charge on any atom is 0.340 e. The zero-order valence-electron chi connectivity index (χ0n) is 12.3. The number of aromatic nitrogens is 2. The van der Waals surface area contributed by atoms with Crippen molar-refractivity contribution in [2.24, 2.45) is 5.92 Å². The second kappa shape index (κ2) is 6.57. The van der Waals surface area contributed by atoms with Gasteiger partial charge in [0.25, 0.3) is 0 Å². The molecule has 1 aromatic rings. The average Bonchev–Trinajstić information content (AvgIpc) is 3.17. The molecule has 1 aliphatic carbocycles. The molecular weight excluding hydrogens is 272 g/mol. The van der Waals surface area contributed by atoms with Gasteiger partial charge >= 0.3 is 5.97 Å². The van der Waals surface area contributed by atoms with Gasteiger partial charge in [-0.1, -0.05) is 20.3 Å². The number of aromatic carboxylic acids is 1. The van der Waals surface area contributed by atoms with E-state index in [0.717, 1.165) is 37.3 Å². The highest BCUT2D eigenvalue weighted by molar-refractivity contribution is 7.99. The van der Waals surface area contributed by atoms with E-state index in [9.17, 15) is 9.90 Å². The second-order valence-electron chi connectivity index (χ2n) is 5.81. The summed E-state index contributed by atoms with van der Waals surface area (Å²) in [6.07, 6.45) is 4.50. The predicted octanol–water partition coefficient (Wildman–Crippen LogP) is 3.89. The van der Waals surface area contributed by atoms with E-state index in [1.165, 1.54) is 0 Å². The minimum atomic E-state index is -0.920. The number of rotatable bonds is 7. The molecule has 1 aliphatic rings. The molecule has 2 rings (SSSR count). The Kier molecular flexibility index (Phi) is 5.02. The summed E-state index contributed by atoms with van der Waals surface area (Å²) >= 11 is 1.56. The van der Waals surface area contributed by atoms with Crippen LogP contribution in [0.5, 0.6) is 0 Å². The number of aryl methyl sites for hydroxylation is 1. The van der Waals surface area contributed by atoms with E-state index < -0.39 is 5.97 Å². The fourth-order valence-electron chi connectivity index (χ4n) is 2.10. The molecule has 20 heavy (non-hydrogen) atoms. The van der Waals surface area contributed by atoms with Gasteiger partial charge in [0.15, 0.2) is 0 Å². The lowest BCUT2D eigenvalue weighted by atomic mass is 10.1. The quantitative estimate of drug-likeness (QED) is 0.469. The van der Waals surface area contributed by atoms with Crippen molar-refractivity contribution in [3.8, 4) is 0 Å². The molecule has 1 saturated carbocycles. The molecule has 0 unspecified atom stereocenters. The normalized spacial score (nSPS) is 14.8. The number of carboxylic acids is 1. The van der Waals surface area contributed by atoms with Crippen LogP contribution in [0, 0.1) is 12.8 Å². The van der Waals surface area contributed by atoms with Crippen LogP contribution in [0.15, 0.2) is 5.03 Å². The molecule has 0 bridgehead atoms. The molecule has 0 saturated heterocycles. The van der Waals surface area contributed by atoms with Gasteiger partial charge in [-0.05, 0) is 37.9 Å². The van der Waals surface area contributed by atoms with Crippen LogP contribution >= 0.6 is 11.8 Å². The minimum Gasteiger partial charge on any atom is -0.478 e. The fraction of sp³-hybridized carbons (Fsp3) is 0.667. The zero-order valence-corrected chi connectivity index (χ0v) is 13.2. The highest BCUT2D eigenvalue weighted by Crippen LogP contribution is 2.39. The van der Waals surface area contributed by atoms with Crippen molar-refractivity contribution < 1.29 is 9.90 Å². The lowest BCUT2D eigenvalue weighted by molar-refractivity contribution is 0.0690. The van der Waals surface area contributed by atoms with Crippen LogP contribution in [0.1, 0.15) is 67.3 Å². The summed E-state index contributed by atoms with van der Waals surface area (Å²) in [5, 5.41) is 9.99. The van der Waals surface area contributed by atoms with E-state index in [0.29, 0.717) is 22.6 Å². The third kappa shape index (κ3) is 3.95. The summed E-state index contributed by atoms with van der Waals surface area (Å²) in [7, 11) is 0. The number of nitrogens with zero attached hydrogens (tertiary/aromatic N) is 2. The Bertz CT molecular complexity index is 499. The zero-order chi connectivity index (χ0) is 14.7. The largest absolute Gasteiger partial charge is 0.478 e. The van der Waals surface area contributed by atoms with Gasteiger partial charge < -0.3 is 5.11 Å². The monoisotopic (exact) mass is 294 g/mol. The molecular formula is C15H22N2O2S. The van der Waals surface area contributed by atoms with Crippen molar-refractivity contribution in [3.05, 3.63) is 17.1 Å². The maximum atomic E-state index is 11.4. The fourth-order valence-corrected chi connectivity index (χ4v) is 3.14. The van der Waals surface area contributed by atoms with Gasteiger partial charge in [-0.25, -0.2) is 14.8 Å². The molecule has 0 aromatic carbocycles. The number of carbonyl (C=O) groups is 1. The highest BCUT2D eigenvalue weighted by atomic mass is 32.2. The van der Waals surface area contributed by atoms with Crippen LogP contribution in [0.3, 0.4) is 0 Å². The SMILES string of the molecule is Cc1nc(C2CC2)nc(SCCCC(C)C)c1C(=O)O. The van der Waals surface area contributed by atoms with Crippen molar-refractivity contribution in [2.75, 3.05) is 5.75 Å². The lowest BCUT2D eigenvalue weighted by Crippen LogP contribution is -2.09. The number of hydrogen-bond acceptors (Lipinski definition) is 4. The first-order valence-electron chi connectivity index (χ1n) is 7.23. The smallest absolute Gasteiger partial charge is 0.340 e. The van der Waals surface area contributed by atoms with E-state index in [1.807, 2.05) is 0 Å². The summed E-state index contributed by atoms with van der Waals surface area (Å²) in [6.45, 7) is 6.18. The molecule has 0 aliphatic heterocycles. The van der Waals surface area contributed by atoms with Gasteiger partial charge in [-0.3, -0.25) is 0 Å².